The van der Waals surface area contributed by atoms with Gasteiger partial charge in [-0.3, -0.25) is 0 Å². The van der Waals surface area contributed by atoms with Crippen LogP contribution in [0.2, 0.25) is 25.1 Å². The smallest absolute Gasteiger partial charge is 0.163 e. The molecule has 0 fully saturated rings. The van der Waals surface area contributed by atoms with Gasteiger partial charge in [-0.2, -0.15) is 0 Å². The molecular formula is C22H18Cl5NO2. The predicted octanol–water partition coefficient (Wildman–Crippen LogP) is 8.54. The third-order valence-electron chi connectivity index (χ3n) is 4.21. The van der Waals surface area contributed by atoms with Crippen molar-refractivity contribution in [2.45, 2.75) is 20.1 Å². The van der Waals surface area contributed by atoms with E-state index in [0.29, 0.717) is 49.8 Å². The minimum Gasteiger partial charge on any atom is -0.490 e. The maximum absolute atomic E-state index is 6.49. The van der Waals surface area contributed by atoms with Gasteiger partial charge in [0.15, 0.2) is 11.5 Å². The van der Waals surface area contributed by atoms with E-state index < -0.39 is 0 Å². The van der Waals surface area contributed by atoms with Crippen LogP contribution >= 0.6 is 58.0 Å². The van der Waals surface area contributed by atoms with Crippen molar-refractivity contribution in [1.29, 1.82) is 0 Å². The van der Waals surface area contributed by atoms with Crippen LogP contribution in [0.5, 0.6) is 11.5 Å². The van der Waals surface area contributed by atoms with Crippen LogP contribution in [0, 0.1) is 0 Å². The molecule has 0 aliphatic heterocycles. The second-order valence-electron chi connectivity index (χ2n) is 6.33. The summed E-state index contributed by atoms with van der Waals surface area (Å²) in [6, 6.07) is 14.1. The molecule has 3 aromatic carbocycles. The van der Waals surface area contributed by atoms with Gasteiger partial charge < -0.3 is 14.8 Å². The van der Waals surface area contributed by atoms with Crippen molar-refractivity contribution in [1.82, 2.24) is 0 Å². The lowest BCUT2D eigenvalue weighted by Gasteiger charge is -2.16. The zero-order valence-corrected chi connectivity index (χ0v) is 19.7. The fourth-order valence-electron chi connectivity index (χ4n) is 2.71. The normalized spacial score (nSPS) is 10.7. The summed E-state index contributed by atoms with van der Waals surface area (Å²) in [6.07, 6.45) is 0. The maximum atomic E-state index is 6.49. The molecule has 30 heavy (non-hydrogen) atoms. The van der Waals surface area contributed by atoms with Gasteiger partial charge in [-0.25, -0.2) is 0 Å². The predicted molar refractivity (Wildman–Crippen MR) is 127 cm³/mol. The number of anilines is 1. The standard InChI is InChI=1S/C22H18Cl5NO2/c1-2-29-21-7-14(11-28-20-9-16(24)5-6-17(20)25)19(27)10-22(21)30-12-13-3-4-15(23)8-18(13)26/h3-10,28H,2,11-12H2,1H3. The summed E-state index contributed by atoms with van der Waals surface area (Å²) in [5.41, 5.74) is 2.35. The van der Waals surface area contributed by atoms with Gasteiger partial charge in [0.1, 0.15) is 6.61 Å². The second-order valence-corrected chi connectivity index (χ2v) is 8.42. The van der Waals surface area contributed by atoms with E-state index in [2.05, 4.69) is 5.32 Å². The first kappa shape index (κ1) is 23.2. The van der Waals surface area contributed by atoms with Crippen LogP contribution in [0.15, 0.2) is 48.5 Å². The molecule has 3 aromatic rings. The third kappa shape index (κ3) is 6.03. The van der Waals surface area contributed by atoms with Crippen molar-refractivity contribution in [2.75, 3.05) is 11.9 Å². The Labute approximate surface area is 200 Å². The zero-order valence-electron chi connectivity index (χ0n) is 15.9. The maximum Gasteiger partial charge on any atom is 0.163 e. The molecule has 0 spiro atoms. The molecule has 0 saturated heterocycles. The SMILES string of the molecule is CCOc1cc(CNc2cc(Cl)ccc2Cl)c(Cl)cc1OCc1ccc(Cl)cc1Cl. The molecule has 1 N–H and O–H groups in total. The van der Waals surface area contributed by atoms with Gasteiger partial charge in [-0.05, 0) is 48.9 Å². The lowest BCUT2D eigenvalue weighted by atomic mass is 10.2. The average Bonchev–Trinajstić information content (AvgIpc) is 2.70. The lowest BCUT2D eigenvalue weighted by Crippen LogP contribution is -2.04. The van der Waals surface area contributed by atoms with Crippen LogP contribution in [-0.4, -0.2) is 6.61 Å². The van der Waals surface area contributed by atoms with Crippen molar-refractivity contribution >= 4 is 63.7 Å². The Morgan fingerprint density at radius 1 is 0.700 bits per heavy atom. The van der Waals surface area contributed by atoms with Crippen LogP contribution in [0.4, 0.5) is 5.69 Å². The molecule has 8 heteroatoms. The van der Waals surface area contributed by atoms with Gasteiger partial charge in [-0.1, -0.05) is 64.1 Å². The van der Waals surface area contributed by atoms with E-state index in [1.165, 1.54) is 0 Å². The molecule has 0 aliphatic carbocycles. The molecular weight excluding hydrogens is 488 g/mol. The van der Waals surface area contributed by atoms with E-state index in [0.717, 1.165) is 16.8 Å². The van der Waals surface area contributed by atoms with Gasteiger partial charge >= 0.3 is 0 Å². The van der Waals surface area contributed by atoms with Gasteiger partial charge in [0, 0.05) is 38.3 Å². The van der Waals surface area contributed by atoms with E-state index in [9.17, 15) is 0 Å². The number of nitrogens with one attached hydrogen (secondary N) is 1. The Morgan fingerprint density at radius 3 is 2.10 bits per heavy atom. The van der Waals surface area contributed by atoms with Gasteiger partial charge in [-0.15, -0.1) is 0 Å². The molecule has 0 heterocycles. The first-order valence-corrected chi connectivity index (χ1v) is 11.0. The van der Waals surface area contributed by atoms with E-state index in [-0.39, 0.29) is 6.61 Å². The second kappa shape index (κ2) is 10.7. The molecule has 0 aromatic heterocycles. The summed E-state index contributed by atoms with van der Waals surface area (Å²) in [4.78, 5) is 0. The first-order valence-electron chi connectivity index (χ1n) is 9.08. The van der Waals surface area contributed by atoms with E-state index >= 15 is 0 Å². The first-order chi connectivity index (χ1) is 14.4. The minimum absolute atomic E-state index is 0.252. The topological polar surface area (TPSA) is 30.5 Å². The molecule has 0 atom stereocenters. The highest BCUT2D eigenvalue weighted by Crippen LogP contribution is 2.36. The summed E-state index contributed by atoms with van der Waals surface area (Å²) in [6.45, 7) is 3.06. The molecule has 3 rings (SSSR count). The van der Waals surface area contributed by atoms with Crippen LogP contribution in [0.25, 0.3) is 0 Å². The summed E-state index contributed by atoms with van der Waals surface area (Å²) >= 11 is 30.9. The van der Waals surface area contributed by atoms with E-state index in [4.69, 9.17) is 67.5 Å². The summed E-state index contributed by atoms with van der Waals surface area (Å²) in [7, 11) is 0. The number of benzene rings is 3. The highest BCUT2D eigenvalue weighted by molar-refractivity contribution is 6.35. The van der Waals surface area contributed by atoms with Crippen molar-refractivity contribution in [2.24, 2.45) is 0 Å². The molecule has 0 aliphatic rings. The minimum atomic E-state index is 0.252. The summed E-state index contributed by atoms with van der Waals surface area (Å²) in [5.74, 6) is 1.11. The molecule has 0 radical (unpaired) electrons. The van der Waals surface area contributed by atoms with Gasteiger partial charge in [0.05, 0.1) is 17.3 Å². The number of hydrogen-bond donors (Lipinski definition) is 1. The summed E-state index contributed by atoms with van der Waals surface area (Å²) in [5, 5.41) is 6.03. The average molecular weight is 506 g/mol. The quantitative estimate of drug-likeness (QED) is 0.333. The Bertz CT molecular complexity index is 1040. The van der Waals surface area contributed by atoms with Crippen molar-refractivity contribution < 1.29 is 9.47 Å². The third-order valence-corrected chi connectivity index (χ3v) is 5.71. The van der Waals surface area contributed by atoms with Gasteiger partial charge in [0.25, 0.3) is 0 Å². The summed E-state index contributed by atoms with van der Waals surface area (Å²) < 4.78 is 11.7. The molecule has 158 valence electrons. The highest BCUT2D eigenvalue weighted by atomic mass is 35.5. The Morgan fingerprint density at radius 2 is 1.37 bits per heavy atom. The fraction of sp³-hybridized carbons (Fsp3) is 0.182. The van der Waals surface area contributed by atoms with Crippen molar-refractivity contribution in [3.8, 4) is 11.5 Å². The van der Waals surface area contributed by atoms with Crippen LogP contribution < -0.4 is 14.8 Å². The van der Waals surface area contributed by atoms with Crippen molar-refractivity contribution in [3.05, 3.63) is 84.8 Å². The van der Waals surface area contributed by atoms with Crippen LogP contribution in [0.1, 0.15) is 18.1 Å². The van der Waals surface area contributed by atoms with E-state index in [1.807, 2.05) is 19.1 Å². The Hall–Kier alpha value is -1.49. The largest absolute Gasteiger partial charge is 0.490 e. The van der Waals surface area contributed by atoms with E-state index in [1.54, 1.807) is 36.4 Å². The highest BCUT2D eigenvalue weighted by Gasteiger charge is 2.13. The number of halogens is 5. The Balaban J connectivity index is 1.78. The van der Waals surface area contributed by atoms with Gasteiger partial charge in [0.2, 0.25) is 0 Å². The van der Waals surface area contributed by atoms with Crippen LogP contribution in [0.3, 0.4) is 0 Å². The molecule has 3 nitrogen and oxygen atoms in total. The van der Waals surface area contributed by atoms with Crippen molar-refractivity contribution in [3.63, 3.8) is 0 Å². The Kier molecular flexibility index (Phi) is 8.27. The monoisotopic (exact) mass is 503 g/mol. The molecule has 0 bridgehead atoms. The van der Waals surface area contributed by atoms with Crippen LogP contribution in [-0.2, 0) is 13.2 Å². The zero-order chi connectivity index (χ0) is 21.7. The number of hydrogen-bond acceptors (Lipinski definition) is 3. The number of rotatable bonds is 8. The molecule has 0 amide bonds. The molecule has 0 unspecified atom stereocenters. The number of ether oxygens (including phenoxy) is 2. The lowest BCUT2D eigenvalue weighted by molar-refractivity contribution is 0.269. The molecule has 0 saturated carbocycles. The fourth-order valence-corrected chi connectivity index (χ4v) is 3.75.